The second kappa shape index (κ2) is 6.60. The smallest absolute Gasteiger partial charge is 0.311 e. The number of carbonyl (C=O) groups is 2. The molecule has 1 aromatic heterocycles. The highest BCUT2D eigenvalue weighted by Crippen LogP contribution is 2.23. The lowest BCUT2D eigenvalue weighted by molar-refractivity contribution is -0.151. The quantitative estimate of drug-likeness (QED) is 0.873. The highest BCUT2D eigenvalue weighted by atomic mass is 19.1. The summed E-state index contributed by atoms with van der Waals surface area (Å²) in [6.07, 6.45) is 0.797. The Kier molecular flexibility index (Phi) is 4.36. The van der Waals surface area contributed by atoms with Gasteiger partial charge in [0.05, 0.1) is 11.5 Å². The fraction of sp³-hybridized carbons (Fsp3) is 0.312. The lowest BCUT2D eigenvalue weighted by atomic mass is 10.00. The van der Waals surface area contributed by atoms with Gasteiger partial charge in [-0.3, -0.25) is 9.59 Å². The van der Waals surface area contributed by atoms with Crippen LogP contribution in [0.5, 0.6) is 0 Å². The third kappa shape index (κ3) is 3.56. The van der Waals surface area contributed by atoms with Gasteiger partial charge >= 0.3 is 5.97 Å². The first-order valence-electron chi connectivity index (χ1n) is 7.27. The van der Waals surface area contributed by atoms with E-state index in [4.69, 9.17) is 9.26 Å². The van der Waals surface area contributed by atoms with Crippen LogP contribution < -0.4 is 5.32 Å². The Morgan fingerprint density at radius 3 is 3.00 bits per heavy atom. The van der Waals surface area contributed by atoms with Crippen LogP contribution >= 0.6 is 0 Å². The molecule has 0 saturated carbocycles. The minimum Gasteiger partial charge on any atom is -0.459 e. The van der Waals surface area contributed by atoms with E-state index in [1.165, 1.54) is 12.1 Å². The van der Waals surface area contributed by atoms with Crippen LogP contribution in [-0.4, -0.2) is 23.6 Å². The summed E-state index contributed by atoms with van der Waals surface area (Å²) >= 11 is 0. The molecule has 2 heterocycles. The zero-order valence-corrected chi connectivity index (χ0v) is 12.3. The Morgan fingerprint density at radius 1 is 1.43 bits per heavy atom. The molecule has 3 rings (SSSR count). The van der Waals surface area contributed by atoms with Crippen molar-refractivity contribution in [1.29, 1.82) is 0 Å². The first-order valence-corrected chi connectivity index (χ1v) is 7.27. The summed E-state index contributed by atoms with van der Waals surface area (Å²) in [5.41, 5.74) is 0.698. The van der Waals surface area contributed by atoms with Crippen LogP contribution in [0.25, 0.3) is 11.3 Å². The number of carbonyl (C=O) groups excluding carboxylic acids is 2. The van der Waals surface area contributed by atoms with E-state index in [1.54, 1.807) is 18.2 Å². The molecule has 1 amide bonds. The van der Waals surface area contributed by atoms with Crippen LogP contribution in [0.2, 0.25) is 0 Å². The minimum atomic E-state index is -0.412. The molecule has 1 N–H and O–H groups in total. The summed E-state index contributed by atoms with van der Waals surface area (Å²) < 4.78 is 23.9. The van der Waals surface area contributed by atoms with E-state index in [-0.39, 0.29) is 36.7 Å². The third-order valence-electron chi connectivity index (χ3n) is 3.66. The molecule has 2 aromatic rings. The molecule has 1 aromatic carbocycles. The van der Waals surface area contributed by atoms with Gasteiger partial charge in [-0.15, -0.1) is 0 Å². The number of nitrogens with zero attached hydrogens (tertiary/aromatic N) is 1. The zero-order chi connectivity index (χ0) is 16.2. The van der Waals surface area contributed by atoms with Gasteiger partial charge in [0, 0.05) is 19.0 Å². The standard InChI is InChI=1S/C16H15FN2O4/c17-13-4-2-1-3-12(13)14-7-11(19-23-14)9-22-16(21)10-5-6-15(20)18-8-10/h1-4,7,10H,5-6,8-9H2,(H,18,20). The summed E-state index contributed by atoms with van der Waals surface area (Å²) in [6.45, 7) is 0.234. The number of hydrogen-bond donors (Lipinski definition) is 1. The van der Waals surface area contributed by atoms with Gasteiger partial charge in [-0.2, -0.15) is 0 Å². The SMILES string of the molecule is O=C1CCC(C(=O)OCc2cc(-c3ccccc3F)on2)CN1. The normalized spacial score (nSPS) is 17.6. The van der Waals surface area contributed by atoms with Crippen molar-refractivity contribution in [3.05, 3.63) is 41.8 Å². The summed E-state index contributed by atoms with van der Waals surface area (Å²) in [7, 11) is 0. The Labute approximate surface area is 131 Å². The molecule has 6 nitrogen and oxygen atoms in total. The van der Waals surface area contributed by atoms with E-state index >= 15 is 0 Å². The van der Waals surface area contributed by atoms with E-state index in [9.17, 15) is 14.0 Å². The van der Waals surface area contributed by atoms with Gasteiger partial charge in [0.2, 0.25) is 5.91 Å². The molecule has 120 valence electrons. The number of aromatic nitrogens is 1. The molecule has 23 heavy (non-hydrogen) atoms. The molecule has 0 spiro atoms. The molecule has 1 aliphatic rings. The Morgan fingerprint density at radius 2 is 2.26 bits per heavy atom. The number of nitrogens with one attached hydrogen (secondary N) is 1. The predicted molar refractivity (Wildman–Crippen MR) is 77.4 cm³/mol. The van der Waals surface area contributed by atoms with E-state index in [0.717, 1.165) is 0 Å². The molecular formula is C16H15FN2O4. The van der Waals surface area contributed by atoms with Crippen molar-refractivity contribution < 1.29 is 23.2 Å². The van der Waals surface area contributed by atoms with E-state index in [1.807, 2.05) is 0 Å². The molecular weight excluding hydrogens is 303 g/mol. The molecule has 7 heteroatoms. The van der Waals surface area contributed by atoms with Gasteiger partial charge in [0.25, 0.3) is 0 Å². The number of amides is 1. The molecule has 1 fully saturated rings. The van der Waals surface area contributed by atoms with Gasteiger partial charge in [-0.05, 0) is 18.6 Å². The monoisotopic (exact) mass is 318 g/mol. The largest absolute Gasteiger partial charge is 0.459 e. The van der Waals surface area contributed by atoms with Gasteiger partial charge in [-0.1, -0.05) is 17.3 Å². The van der Waals surface area contributed by atoms with Crippen molar-refractivity contribution >= 4 is 11.9 Å². The number of ether oxygens (including phenoxy) is 1. The maximum Gasteiger partial charge on any atom is 0.311 e. The van der Waals surface area contributed by atoms with Crippen LogP contribution in [0.1, 0.15) is 18.5 Å². The molecule has 1 atom stereocenters. The first kappa shape index (κ1) is 15.2. The highest BCUT2D eigenvalue weighted by Gasteiger charge is 2.26. The average Bonchev–Trinajstić information content (AvgIpc) is 3.02. The van der Waals surface area contributed by atoms with Gasteiger partial charge < -0.3 is 14.6 Å². The number of hydrogen-bond acceptors (Lipinski definition) is 5. The molecule has 1 aliphatic heterocycles. The number of esters is 1. The maximum atomic E-state index is 13.7. The molecule has 1 saturated heterocycles. The van der Waals surface area contributed by atoms with Crippen molar-refractivity contribution in [1.82, 2.24) is 10.5 Å². The lowest BCUT2D eigenvalue weighted by Crippen LogP contribution is -2.39. The van der Waals surface area contributed by atoms with Crippen molar-refractivity contribution in [3.63, 3.8) is 0 Å². The Bertz CT molecular complexity index is 718. The molecule has 0 radical (unpaired) electrons. The Hall–Kier alpha value is -2.70. The average molecular weight is 318 g/mol. The second-order valence-corrected chi connectivity index (χ2v) is 5.31. The Balaban J connectivity index is 1.58. The number of benzene rings is 1. The van der Waals surface area contributed by atoms with Gasteiger partial charge in [0.15, 0.2) is 5.76 Å². The van der Waals surface area contributed by atoms with Crippen LogP contribution in [-0.2, 0) is 20.9 Å². The fourth-order valence-electron chi connectivity index (χ4n) is 2.36. The minimum absolute atomic E-state index is 0.0543. The number of rotatable bonds is 4. The predicted octanol–water partition coefficient (Wildman–Crippen LogP) is 2.05. The van der Waals surface area contributed by atoms with Crippen molar-refractivity contribution in [2.24, 2.45) is 5.92 Å². The molecule has 0 bridgehead atoms. The summed E-state index contributed by atoms with van der Waals surface area (Å²) in [5, 5.41) is 6.40. The molecule has 0 aliphatic carbocycles. The van der Waals surface area contributed by atoms with Gasteiger partial charge in [0.1, 0.15) is 18.1 Å². The summed E-state index contributed by atoms with van der Waals surface area (Å²) in [4.78, 5) is 23.0. The zero-order valence-electron chi connectivity index (χ0n) is 12.3. The van der Waals surface area contributed by atoms with E-state index < -0.39 is 5.82 Å². The lowest BCUT2D eigenvalue weighted by Gasteiger charge is -2.20. The first-order chi connectivity index (χ1) is 11.1. The number of halogens is 1. The fourth-order valence-corrected chi connectivity index (χ4v) is 2.36. The topological polar surface area (TPSA) is 81.4 Å². The number of piperidine rings is 1. The third-order valence-corrected chi connectivity index (χ3v) is 3.66. The second-order valence-electron chi connectivity index (χ2n) is 5.31. The van der Waals surface area contributed by atoms with Crippen LogP contribution in [0, 0.1) is 11.7 Å². The highest BCUT2D eigenvalue weighted by molar-refractivity contribution is 5.80. The van der Waals surface area contributed by atoms with Crippen LogP contribution in [0.15, 0.2) is 34.9 Å². The maximum absolute atomic E-state index is 13.7. The summed E-state index contributed by atoms with van der Waals surface area (Å²) in [5.74, 6) is -0.921. The van der Waals surface area contributed by atoms with Crippen LogP contribution in [0.4, 0.5) is 4.39 Å². The molecule has 1 unspecified atom stereocenters. The van der Waals surface area contributed by atoms with Gasteiger partial charge in [-0.25, -0.2) is 4.39 Å². The van der Waals surface area contributed by atoms with Crippen LogP contribution in [0.3, 0.4) is 0 Å². The summed E-state index contributed by atoms with van der Waals surface area (Å²) in [6, 6.07) is 7.72. The van der Waals surface area contributed by atoms with E-state index in [2.05, 4.69) is 10.5 Å². The van der Waals surface area contributed by atoms with Crippen molar-refractivity contribution in [2.45, 2.75) is 19.4 Å². The van der Waals surface area contributed by atoms with Crippen molar-refractivity contribution in [3.8, 4) is 11.3 Å². The van der Waals surface area contributed by atoms with E-state index in [0.29, 0.717) is 24.1 Å². The van der Waals surface area contributed by atoms with Crippen molar-refractivity contribution in [2.75, 3.05) is 6.54 Å².